The van der Waals surface area contributed by atoms with E-state index in [2.05, 4.69) is 10.1 Å². The first kappa shape index (κ1) is 17.3. The number of nitrogens with one attached hydrogen (secondary N) is 1. The lowest BCUT2D eigenvalue weighted by molar-refractivity contribution is -0.0506. The average molecular weight is 365 g/mol. The molecule has 1 N–H and O–H groups in total. The van der Waals surface area contributed by atoms with Crippen LogP contribution >= 0.6 is 11.3 Å². The van der Waals surface area contributed by atoms with Gasteiger partial charge in [-0.2, -0.15) is 8.78 Å². The van der Waals surface area contributed by atoms with Crippen molar-refractivity contribution in [2.45, 2.75) is 19.6 Å². The zero-order valence-electron chi connectivity index (χ0n) is 13.1. The van der Waals surface area contributed by atoms with E-state index < -0.39 is 24.4 Å². The number of amides is 1. The van der Waals surface area contributed by atoms with Gasteiger partial charge in [0, 0.05) is 15.6 Å². The van der Waals surface area contributed by atoms with E-state index in [0.717, 1.165) is 0 Å². The molecule has 130 valence electrons. The third-order valence-electron chi connectivity index (χ3n) is 3.68. The van der Waals surface area contributed by atoms with Crippen LogP contribution in [0.4, 0.5) is 13.2 Å². The van der Waals surface area contributed by atoms with Crippen molar-refractivity contribution >= 4 is 27.3 Å². The monoisotopic (exact) mass is 365 g/mol. The predicted molar refractivity (Wildman–Crippen MR) is 90.7 cm³/mol. The average Bonchev–Trinajstić information content (AvgIpc) is 3.00. The van der Waals surface area contributed by atoms with Crippen molar-refractivity contribution in [1.29, 1.82) is 0 Å². The van der Waals surface area contributed by atoms with Gasteiger partial charge in [0.15, 0.2) is 0 Å². The van der Waals surface area contributed by atoms with E-state index in [4.69, 9.17) is 0 Å². The van der Waals surface area contributed by atoms with Gasteiger partial charge in [-0.15, -0.1) is 11.3 Å². The Bertz CT molecular complexity index is 910. The van der Waals surface area contributed by atoms with Crippen molar-refractivity contribution in [2.75, 3.05) is 0 Å². The molecule has 7 heteroatoms. The van der Waals surface area contributed by atoms with E-state index >= 15 is 0 Å². The number of benzene rings is 2. The minimum Gasteiger partial charge on any atom is -0.434 e. The van der Waals surface area contributed by atoms with E-state index in [1.807, 2.05) is 0 Å². The van der Waals surface area contributed by atoms with Crippen LogP contribution in [0, 0.1) is 5.82 Å². The summed E-state index contributed by atoms with van der Waals surface area (Å²) in [7, 11) is 0. The fourth-order valence-corrected chi connectivity index (χ4v) is 3.50. The van der Waals surface area contributed by atoms with Crippen molar-refractivity contribution < 1.29 is 22.7 Å². The van der Waals surface area contributed by atoms with Crippen LogP contribution in [-0.2, 0) is 0 Å². The summed E-state index contributed by atoms with van der Waals surface area (Å²) in [5.41, 5.74) is 0.434. The quantitative estimate of drug-likeness (QED) is 0.680. The van der Waals surface area contributed by atoms with Crippen molar-refractivity contribution in [3.63, 3.8) is 0 Å². The van der Waals surface area contributed by atoms with Crippen LogP contribution in [0.25, 0.3) is 10.1 Å². The van der Waals surface area contributed by atoms with Crippen LogP contribution in [0.3, 0.4) is 0 Å². The number of ether oxygens (including phenoxy) is 1. The second kappa shape index (κ2) is 7.14. The molecule has 0 radical (unpaired) electrons. The topological polar surface area (TPSA) is 38.3 Å². The lowest BCUT2D eigenvalue weighted by Crippen LogP contribution is -2.26. The van der Waals surface area contributed by atoms with E-state index in [-0.39, 0.29) is 5.75 Å². The summed E-state index contributed by atoms with van der Waals surface area (Å²) in [6.45, 7) is -1.28. The Hall–Kier alpha value is -2.54. The van der Waals surface area contributed by atoms with Gasteiger partial charge in [-0.05, 0) is 31.2 Å². The number of carbonyl (C=O) groups excluding carboxylic acids is 1. The molecule has 0 saturated heterocycles. The maximum atomic E-state index is 13.8. The lowest BCUT2D eigenvalue weighted by Gasteiger charge is -2.17. The number of hydrogen-bond donors (Lipinski definition) is 1. The van der Waals surface area contributed by atoms with Crippen LogP contribution in [0.2, 0.25) is 0 Å². The van der Waals surface area contributed by atoms with Crippen LogP contribution in [0.1, 0.15) is 28.2 Å². The minimum atomic E-state index is -2.95. The van der Waals surface area contributed by atoms with E-state index in [1.165, 1.54) is 29.5 Å². The molecule has 25 heavy (non-hydrogen) atoms. The van der Waals surface area contributed by atoms with Gasteiger partial charge in [0.25, 0.3) is 5.91 Å². The lowest BCUT2D eigenvalue weighted by atomic mass is 10.1. The molecule has 0 aliphatic heterocycles. The first-order valence-electron chi connectivity index (χ1n) is 7.48. The number of carbonyl (C=O) groups is 1. The van der Waals surface area contributed by atoms with Crippen LogP contribution < -0.4 is 10.1 Å². The fourth-order valence-electron chi connectivity index (χ4n) is 2.52. The summed E-state index contributed by atoms with van der Waals surface area (Å²) in [6.07, 6.45) is 0. The van der Waals surface area contributed by atoms with Crippen molar-refractivity contribution in [3.8, 4) is 5.75 Å². The molecule has 0 aliphatic carbocycles. The summed E-state index contributed by atoms with van der Waals surface area (Å²) in [5.74, 6) is -0.788. The summed E-state index contributed by atoms with van der Waals surface area (Å²) in [5, 5.41) is 3.11. The van der Waals surface area contributed by atoms with E-state index in [0.29, 0.717) is 20.5 Å². The molecular weight excluding hydrogens is 351 g/mol. The van der Waals surface area contributed by atoms with Crippen LogP contribution in [-0.4, -0.2) is 12.5 Å². The second-order valence-electron chi connectivity index (χ2n) is 5.37. The molecule has 0 saturated carbocycles. The summed E-state index contributed by atoms with van der Waals surface area (Å²) < 4.78 is 43.9. The third-order valence-corrected chi connectivity index (χ3v) is 4.78. The molecule has 0 aliphatic rings. The molecule has 3 aromatic rings. The van der Waals surface area contributed by atoms with Crippen molar-refractivity contribution in [1.82, 2.24) is 5.32 Å². The van der Waals surface area contributed by atoms with Gasteiger partial charge in [0.2, 0.25) is 0 Å². The Balaban J connectivity index is 1.81. The number of alkyl halides is 2. The second-order valence-corrected chi connectivity index (χ2v) is 6.46. The van der Waals surface area contributed by atoms with Gasteiger partial charge in [-0.3, -0.25) is 4.79 Å². The van der Waals surface area contributed by atoms with Gasteiger partial charge >= 0.3 is 6.61 Å². The zero-order valence-corrected chi connectivity index (χ0v) is 13.9. The standard InChI is InChI=1S/C18H14F3NO2S/c1-10(11-5-2-3-7-14(11)24-18(20)21)22-17(23)16-9-12-13(19)6-4-8-15(12)25-16/h2-10,18H,1H3,(H,22,23)/t10-/m1/s1. The zero-order chi connectivity index (χ0) is 18.0. The van der Waals surface area contributed by atoms with Crippen molar-refractivity contribution in [3.05, 3.63) is 64.8 Å². The molecule has 1 amide bonds. The summed E-state index contributed by atoms with van der Waals surface area (Å²) >= 11 is 1.17. The Morgan fingerprint density at radius 3 is 2.64 bits per heavy atom. The molecule has 3 rings (SSSR count). The van der Waals surface area contributed by atoms with Gasteiger partial charge in [0.1, 0.15) is 11.6 Å². The van der Waals surface area contributed by atoms with Gasteiger partial charge in [-0.25, -0.2) is 4.39 Å². The highest BCUT2D eigenvalue weighted by molar-refractivity contribution is 7.20. The Kier molecular flexibility index (Phi) is 4.94. The molecule has 0 bridgehead atoms. The van der Waals surface area contributed by atoms with Crippen LogP contribution in [0.15, 0.2) is 48.5 Å². The minimum absolute atomic E-state index is 0.00712. The molecule has 3 nitrogen and oxygen atoms in total. The maximum absolute atomic E-state index is 13.8. The van der Waals surface area contributed by atoms with Crippen LogP contribution in [0.5, 0.6) is 5.75 Å². The number of para-hydroxylation sites is 1. The Morgan fingerprint density at radius 2 is 1.92 bits per heavy atom. The normalized spacial score (nSPS) is 12.4. The smallest absolute Gasteiger partial charge is 0.387 e. The summed E-state index contributed by atoms with van der Waals surface area (Å²) in [6, 6.07) is 11.8. The maximum Gasteiger partial charge on any atom is 0.387 e. The first-order valence-corrected chi connectivity index (χ1v) is 8.30. The Labute approximate surface area is 146 Å². The number of rotatable bonds is 5. The molecular formula is C18H14F3NO2S. The molecule has 1 heterocycles. The number of hydrogen-bond acceptors (Lipinski definition) is 3. The number of thiophene rings is 1. The highest BCUT2D eigenvalue weighted by atomic mass is 32.1. The molecule has 1 aromatic heterocycles. The van der Waals surface area contributed by atoms with Gasteiger partial charge in [-0.1, -0.05) is 24.3 Å². The van der Waals surface area contributed by atoms with E-state index in [1.54, 1.807) is 37.3 Å². The molecule has 0 unspecified atom stereocenters. The first-order chi connectivity index (χ1) is 12.0. The predicted octanol–water partition coefficient (Wildman–Crippen LogP) is 5.13. The molecule has 0 spiro atoms. The largest absolute Gasteiger partial charge is 0.434 e. The molecule has 2 aromatic carbocycles. The SMILES string of the molecule is C[C@@H](NC(=O)c1cc2c(F)cccc2s1)c1ccccc1OC(F)F. The molecule has 0 fully saturated rings. The van der Waals surface area contributed by atoms with Gasteiger partial charge < -0.3 is 10.1 Å². The highest BCUT2D eigenvalue weighted by Gasteiger charge is 2.19. The Morgan fingerprint density at radius 1 is 1.16 bits per heavy atom. The summed E-state index contributed by atoms with van der Waals surface area (Å²) in [4.78, 5) is 12.8. The molecule has 1 atom stereocenters. The highest BCUT2D eigenvalue weighted by Crippen LogP contribution is 2.29. The number of fused-ring (bicyclic) bond motifs is 1. The van der Waals surface area contributed by atoms with E-state index in [9.17, 15) is 18.0 Å². The third kappa shape index (κ3) is 3.76. The van der Waals surface area contributed by atoms with Crippen molar-refractivity contribution in [2.24, 2.45) is 0 Å². The fraction of sp³-hybridized carbons (Fsp3) is 0.167. The number of halogens is 3. The van der Waals surface area contributed by atoms with Gasteiger partial charge in [0.05, 0.1) is 10.9 Å².